The van der Waals surface area contributed by atoms with Gasteiger partial charge in [0.1, 0.15) is 24.0 Å². The summed E-state index contributed by atoms with van der Waals surface area (Å²) in [5.41, 5.74) is -6.61. The summed E-state index contributed by atoms with van der Waals surface area (Å²) in [7, 11) is -24.5. The fraction of sp³-hybridized carbons (Fsp3) is 0.321. The fourth-order valence-corrected chi connectivity index (χ4v) is 10.9. The maximum atomic E-state index is 10.7. The molecule has 1 N–H and O–H groups in total. The first-order chi connectivity index (χ1) is 39.1. The second-order valence-electron chi connectivity index (χ2n) is 17.7. The first-order valence-corrected chi connectivity index (χ1v) is 35.6. The van der Waals surface area contributed by atoms with Crippen molar-refractivity contribution in [2.24, 2.45) is 11.8 Å². The molecule has 0 saturated heterocycles. The number of aromatic hydroxyl groups is 1. The molecule has 0 aliphatic rings. The monoisotopic (exact) mass is 1570 g/mol. The summed E-state index contributed by atoms with van der Waals surface area (Å²) < 4.78 is 217. The molecule has 0 amide bonds. The topological polar surface area (TPSA) is 175 Å². The number of benzene rings is 6. The van der Waals surface area contributed by atoms with Crippen molar-refractivity contribution in [2.75, 3.05) is 37.6 Å². The van der Waals surface area contributed by atoms with Gasteiger partial charge in [-0.25, -0.2) is 16.8 Å². The average molecular weight is 1570 g/mol. The molecule has 0 aliphatic carbocycles. The Labute approximate surface area is 520 Å². The molecule has 490 valence electrons. The molecule has 34 heteroatoms. The summed E-state index contributed by atoms with van der Waals surface area (Å²) in [4.78, 5) is 6.63. The van der Waals surface area contributed by atoms with Crippen LogP contribution in [-0.2, 0) is 44.0 Å². The first kappa shape index (κ1) is 86.3. The Hall–Kier alpha value is -4.86. The van der Waals surface area contributed by atoms with Crippen molar-refractivity contribution >= 4 is 57.9 Å². The summed E-state index contributed by atoms with van der Waals surface area (Å²) in [6.07, 6.45) is 6.68. The third kappa shape index (κ3) is 47.8. The molecule has 6 rings (SSSR count). The van der Waals surface area contributed by atoms with Gasteiger partial charge in [-0.2, -0.15) is 26.3 Å². The van der Waals surface area contributed by atoms with Crippen molar-refractivity contribution in [1.82, 2.24) is 0 Å². The second-order valence-corrected chi connectivity index (χ2v) is 30.5. The Morgan fingerprint density at radius 3 is 1.24 bits per heavy atom. The molecule has 0 spiro atoms. The molecule has 0 aliphatic heterocycles. The number of halogens is 18. The van der Waals surface area contributed by atoms with E-state index in [2.05, 4.69) is 161 Å². The molecule has 0 fully saturated rings. The van der Waals surface area contributed by atoms with Crippen LogP contribution in [0.4, 0.5) is 75.8 Å². The molecule has 0 bridgehead atoms. The van der Waals surface area contributed by atoms with Gasteiger partial charge in [-0.15, -0.1) is 0 Å². The molecule has 0 atom stereocenters. The van der Waals surface area contributed by atoms with E-state index in [0.29, 0.717) is 22.3 Å². The van der Waals surface area contributed by atoms with Crippen LogP contribution < -0.4 is 56.8 Å². The number of nitrogens with zero attached hydrogens (tertiary/aromatic N) is 3. The van der Waals surface area contributed by atoms with Crippen LogP contribution in [-0.4, -0.2) is 82.3 Å². The zero-order valence-corrected chi connectivity index (χ0v) is 55.3. The number of alkyl halides is 6. The van der Waals surface area contributed by atoms with Crippen molar-refractivity contribution in [3.05, 3.63) is 182 Å². The van der Waals surface area contributed by atoms with Crippen molar-refractivity contribution < 1.29 is 147 Å². The molecule has 6 aromatic carbocycles. The molecule has 0 radical (unpaired) electrons. The number of diazo groups is 1. The van der Waals surface area contributed by atoms with Gasteiger partial charge in [0.2, 0.25) is 5.39 Å². The van der Waals surface area contributed by atoms with Gasteiger partial charge in [-0.3, -0.25) is 12.9 Å². The normalized spacial score (nSPS) is 11.8. The molecule has 0 heterocycles. The third-order valence-corrected chi connectivity index (χ3v) is 17.0. The van der Waals surface area contributed by atoms with E-state index in [-0.39, 0.29) is 47.1 Å². The first-order valence-electron chi connectivity index (χ1n) is 24.4. The third-order valence-electron chi connectivity index (χ3n) is 9.28. The van der Waals surface area contributed by atoms with Crippen LogP contribution in [0.3, 0.4) is 0 Å². The van der Waals surface area contributed by atoms with E-state index in [0.717, 1.165) is 36.4 Å². The molecule has 87 heavy (non-hydrogen) atoms. The predicted molar refractivity (Wildman–Crippen MR) is 299 cm³/mol. The standard InChI is InChI=1S/C20H26I.C13H12IO.C10H14N3.C8H10OS.2CHF3O3S.BF3.F6P.FH/c1-15(2)13-17-5-9-19(10-6-17)21-20-11-7-18(8-12-20)14-16(3)4;1-15-13-9-5-8-12(10-13)14-11-6-3-2-4-7-11;1-3-13(4-2)10-7-5-9(12-11)6-8-10;1-10(2)8-5-3-7(9)4-6-8;2*2-1(3,4)8(5,6)7;2-1(3)4;1-7(2,3,4,5)6;/h5-12,15-16H,13-14H2,1-4H3;2-10H,1H3;5-8H,3-4H2,1-2H3;3-6H,1-2H3;2*(H,5,6,7);;;1H/q3*+1;;;;;-1;/p-2. The maximum absolute atomic E-state index is 10.7. The van der Waals surface area contributed by atoms with Gasteiger partial charge in [-0.05, 0) is 135 Å². The van der Waals surface area contributed by atoms with Gasteiger partial charge < -0.3 is 28.6 Å². The van der Waals surface area contributed by atoms with E-state index >= 15 is 0 Å². The predicted octanol–water partition coefficient (Wildman–Crippen LogP) is 8.05. The number of phenolic OH excluding ortho intramolecular Hbond substituents is 1. The van der Waals surface area contributed by atoms with Crippen LogP contribution in [0.1, 0.15) is 52.7 Å². The molecular weight excluding hydrogens is 1500 g/mol. The minimum absolute atomic E-state index is 0. The number of phenols is 1. The second kappa shape index (κ2) is 39.3. The zero-order valence-electron chi connectivity index (χ0n) is 47.6. The van der Waals surface area contributed by atoms with E-state index in [1.165, 1.54) is 43.1 Å². The quantitative estimate of drug-likeness (QED) is 0.0174. The van der Waals surface area contributed by atoms with E-state index in [4.69, 9.17) is 41.2 Å². The van der Waals surface area contributed by atoms with E-state index < -0.39 is 46.6 Å². The van der Waals surface area contributed by atoms with Crippen LogP contribution in [0.15, 0.2) is 157 Å². The fourth-order valence-electron chi connectivity index (χ4n) is 5.73. The number of anilines is 1. The minimum Gasteiger partial charge on any atom is -1.00 e. The Kier molecular flexibility index (Phi) is 39.0. The van der Waals surface area contributed by atoms with Gasteiger partial charge in [0.15, 0.2) is 44.4 Å². The summed E-state index contributed by atoms with van der Waals surface area (Å²) in [5.74, 6) is 2.76. The molecule has 0 unspecified atom stereocenters. The van der Waals surface area contributed by atoms with Crippen LogP contribution in [0.2, 0.25) is 0 Å². The number of rotatable bonds is 13. The summed E-state index contributed by atoms with van der Waals surface area (Å²) in [6, 6.07) is 52.4. The Balaban J connectivity index is -0.000000966. The van der Waals surface area contributed by atoms with Crippen molar-refractivity contribution in [1.29, 1.82) is 5.39 Å². The number of methoxy groups -OCH3 is 1. The van der Waals surface area contributed by atoms with Gasteiger partial charge in [-0.1, -0.05) is 76.2 Å². The molecule has 0 saturated carbocycles. The van der Waals surface area contributed by atoms with Gasteiger partial charge in [0, 0.05) is 47.9 Å². The molecule has 11 nitrogen and oxygen atoms in total. The molecule has 0 aromatic heterocycles. The zero-order chi connectivity index (χ0) is 67.0. The minimum atomic E-state index is -10.7. The van der Waals surface area contributed by atoms with Gasteiger partial charge in [0.25, 0.3) is 0 Å². The average Bonchev–Trinajstić information content (AvgIpc) is 1.72. The van der Waals surface area contributed by atoms with Crippen molar-refractivity contribution in [2.45, 2.75) is 70.3 Å². The summed E-state index contributed by atoms with van der Waals surface area (Å²) in [6.45, 7) is 15.3. The summed E-state index contributed by atoms with van der Waals surface area (Å²) >= 11 is -0.113. The van der Waals surface area contributed by atoms with Crippen LogP contribution in [0.5, 0.6) is 11.5 Å². The van der Waals surface area contributed by atoms with Crippen molar-refractivity contribution in [3.8, 4) is 11.5 Å². The van der Waals surface area contributed by atoms with Crippen LogP contribution in [0.25, 0.3) is 4.98 Å². The van der Waals surface area contributed by atoms with E-state index in [1.807, 2.05) is 30.3 Å². The van der Waals surface area contributed by atoms with Crippen LogP contribution >= 0.6 is 7.81 Å². The Morgan fingerprint density at radius 2 is 0.943 bits per heavy atom. The van der Waals surface area contributed by atoms with Crippen LogP contribution in [0, 0.1) is 31.5 Å². The van der Waals surface area contributed by atoms with Gasteiger partial charge in [0.05, 0.1) is 7.11 Å². The maximum Gasteiger partial charge on any atom is 0.485 e. The van der Waals surface area contributed by atoms with E-state index in [1.54, 1.807) is 31.4 Å². The number of hydrogen-bond acceptors (Lipinski definition) is 10. The largest absolute Gasteiger partial charge is 1.00 e. The molecular formula is C53H63BF16I2N3O8PS3. The van der Waals surface area contributed by atoms with E-state index in [9.17, 15) is 64.5 Å². The Bertz CT molecular complexity index is 3020. The van der Waals surface area contributed by atoms with Gasteiger partial charge >= 0.3 is 99.6 Å². The van der Waals surface area contributed by atoms with Crippen molar-refractivity contribution in [3.63, 3.8) is 0 Å². The Morgan fingerprint density at radius 1 is 0.609 bits per heavy atom. The SMILES string of the molecule is CC(C)Cc1ccc([I+]c2ccc(CC(C)C)cc2)cc1.CCN(CC)c1ccc([N+]#N)cc1.COc1cccc([I+]c2ccccc2)c1.C[S+](C)c1ccc(O)cc1.FB(F)F.F[P-](F)(F)(F)(F)F.O=S(=O)([O-])C(F)(F)F.O=S(=O)([O-])C(F)(F)F.[F-]. The smallest absolute Gasteiger partial charge is 0.485 e. The number of ether oxygens (including phenoxy) is 1. The number of hydrogen-bond donors (Lipinski definition) is 1. The summed E-state index contributed by atoms with van der Waals surface area (Å²) in [5, 5.41) is 17.4. The molecule has 6 aromatic rings.